The van der Waals surface area contributed by atoms with Gasteiger partial charge in [-0.15, -0.1) is 0 Å². The minimum absolute atomic E-state index is 0.211. The summed E-state index contributed by atoms with van der Waals surface area (Å²) in [5.41, 5.74) is 6.71. The average molecular weight is 306 g/mol. The molecular formula is C14H16ClN5O. The normalized spacial score (nSPS) is 18.2. The number of carbonyl (C=O) groups excluding carboxylic acids is 1. The summed E-state index contributed by atoms with van der Waals surface area (Å²) in [4.78, 5) is 17.7. The molecule has 0 spiro atoms. The van der Waals surface area contributed by atoms with Crippen molar-refractivity contribution in [2.45, 2.75) is 18.9 Å². The summed E-state index contributed by atoms with van der Waals surface area (Å²) in [6.45, 7) is 0.877. The molecule has 1 aliphatic rings. The maximum atomic E-state index is 11.2. The minimum Gasteiger partial charge on any atom is -0.366 e. The number of pyridine rings is 1. The van der Waals surface area contributed by atoms with Gasteiger partial charge in [0.1, 0.15) is 5.82 Å². The van der Waals surface area contributed by atoms with E-state index in [1.807, 2.05) is 19.4 Å². The number of hydrogen-bond donors (Lipinski definition) is 1. The van der Waals surface area contributed by atoms with Crippen LogP contribution in [0.15, 0.2) is 24.7 Å². The zero-order valence-corrected chi connectivity index (χ0v) is 12.4. The second-order valence-electron chi connectivity index (χ2n) is 5.19. The van der Waals surface area contributed by atoms with Crippen molar-refractivity contribution in [3.63, 3.8) is 0 Å². The van der Waals surface area contributed by atoms with Crippen molar-refractivity contribution in [2.75, 3.05) is 11.4 Å². The molecule has 1 amide bonds. The van der Waals surface area contributed by atoms with Crippen LogP contribution in [0, 0.1) is 0 Å². The summed E-state index contributed by atoms with van der Waals surface area (Å²) in [6, 6.07) is 1.79. The predicted molar refractivity (Wildman–Crippen MR) is 80.3 cm³/mol. The van der Waals surface area contributed by atoms with Crippen LogP contribution in [0.4, 0.5) is 5.82 Å². The van der Waals surface area contributed by atoms with Crippen LogP contribution >= 0.6 is 11.6 Å². The molecule has 1 atom stereocenters. The van der Waals surface area contributed by atoms with Gasteiger partial charge < -0.3 is 10.6 Å². The van der Waals surface area contributed by atoms with Crippen LogP contribution in [0.2, 0.25) is 5.02 Å². The molecule has 1 unspecified atom stereocenters. The highest BCUT2D eigenvalue weighted by atomic mass is 35.5. The number of nitrogens with zero attached hydrogens (tertiary/aromatic N) is 4. The smallest absolute Gasteiger partial charge is 0.250 e. The van der Waals surface area contributed by atoms with Gasteiger partial charge in [0.2, 0.25) is 5.91 Å². The Morgan fingerprint density at radius 3 is 2.90 bits per heavy atom. The van der Waals surface area contributed by atoms with Crippen molar-refractivity contribution in [3.05, 3.63) is 40.8 Å². The van der Waals surface area contributed by atoms with Crippen molar-refractivity contribution in [1.82, 2.24) is 14.8 Å². The van der Waals surface area contributed by atoms with Gasteiger partial charge >= 0.3 is 0 Å². The molecule has 0 radical (unpaired) electrons. The van der Waals surface area contributed by atoms with Crippen molar-refractivity contribution in [2.24, 2.45) is 12.8 Å². The molecule has 7 heteroatoms. The predicted octanol–water partition coefficient (Wildman–Crippen LogP) is 1.91. The van der Waals surface area contributed by atoms with E-state index in [4.69, 9.17) is 17.3 Å². The van der Waals surface area contributed by atoms with Gasteiger partial charge in [0, 0.05) is 31.5 Å². The largest absolute Gasteiger partial charge is 0.366 e. The van der Waals surface area contributed by atoms with Crippen LogP contribution in [0.3, 0.4) is 0 Å². The van der Waals surface area contributed by atoms with Crippen LogP contribution in [0.25, 0.3) is 0 Å². The lowest BCUT2D eigenvalue weighted by molar-refractivity contribution is 0.1000. The van der Waals surface area contributed by atoms with Gasteiger partial charge in [-0.25, -0.2) is 4.98 Å². The number of anilines is 1. The third kappa shape index (κ3) is 2.58. The maximum Gasteiger partial charge on any atom is 0.250 e. The summed E-state index contributed by atoms with van der Waals surface area (Å²) >= 11 is 6.28. The average Bonchev–Trinajstić information content (AvgIpc) is 3.06. The van der Waals surface area contributed by atoms with Crippen molar-refractivity contribution in [3.8, 4) is 0 Å². The fourth-order valence-corrected chi connectivity index (χ4v) is 3.03. The highest BCUT2D eigenvalue weighted by Crippen LogP contribution is 2.38. The van der Waals surface area contributed by atoms with Crippen molar-refractivity contribution < 1.29 is 4.79 Å². The molecule has 0 saturated carbocycles. The van der Waals surface area contributed by atoms with E-state index in [1.54, 1.807) is 10.7 Å². The van der Waals surface area contributed by atoms with Gasteiger partial charge in [0.15, 0.2) is 0 Å². The first-order chi connectivity index (χ1) is 10.1. The van der Waals surface area contributed by atoms with Crippen molar-refractivity contribution >= 4 is 23.3 Å². The Hall–Kier alpha value is -2.08. The zero-order chi connectivity index (χ0) is 15.0. The van der Waals surface area contributed by atoms with E-state index in [2.05, 4.69) is 15.0 Å². The number of halogens is 1. The van der Waals surface area contributed by atoms with Gasteiger partial charge in [0.05, 0.1) is 22.8 Å². The first-order valence-corrected chi connectivity index (χ1v) is 7.14. The summed E-state index contributed by atoms with van der Waals surface area (Å²) in [5, 5.41) is 4.67. The van der Waals surface area contributed by atoms with Gasteiger partial charge in [-0.2, -0.15) is 5.10 Å². The Morgan fingerprint density at radius 2 is 2.29 bits per heavy atom. The first-order valence-electron chi connectivity index (χ1n) is 6.77. The van der Waals surface area contributed by atoms with E-state index in [0.29, 0.717) is 16.4 Å². The van der Waals surface area contributed by atoms with E-state index in [0.717, 1.165) is 24.9 Å². The molecule has 21 heavy (non-hydrogen) atoms. The Balaban J connectivity index is 1.93. The third-order valence-corrected chi connectivity index (χ3v) is 4.02. The number of aromatic nitrogens is 3. The summed E-state index contributed by atoms with van der Waals surface area (Å²) in [5.74, 6) is 0.161. The Bertz CT molecular complexity index is 684. The lowest BCUT2D eigenvalue weighted by Gasteiger charge is -2.25. The van der Waals surface area contributed by atoms with E-state index in [-0.39, 0.29) is 6.04 Å². The van der Waals surface area contributed by atoms with Crippen LogP contribution in [0.1, 0.15) is 34.8 Å². The topological polar surface area (TPSA) is 77.0 Å². The number of hydrogen-bond acceptors (Lipinski definition) is 4. The Morgan fingerprint density at radius 1 is 1.48 bits per heavy atom. The molecule has 3 heterocycles. The molecule has 6 nitrogen and oxygen atoms in total. The summed E-state index contributed by atoms with van der Waals surface area (Å²) < 4.78 is 1.79. The fourth-order valence-electron chi connectivity index (χ4n) is 2.76. The van der Waals surface area contributed by atoms with Gasteiger partial charge in [-0.05, 0) is 18.9 Å². The maximum absolute atomic E-state index is 11.2. The Labute approximate surface area is 127 Å². The summed E-state index contributed by atoms with van der Waals surface area (Å²) in [6.07, 6.45) is 7.45. The van der Waals surface area contributed by atoms with E-state index in [1.165, 1.54) is 6.20 Å². The molecule has 110 valence electrons. The standard InChI is InChI=1S/C14H16ClN5O/c1-19-8-10(7-18-19)12-3-2-4-20(12)14-11(15)5-9(6-17-14)13(16)21/h5-8,12H,2-4H2,1H3,(H2,16,21). The van der Waals surface area contributed by atoms with E-state index >= 15 is 0 Å². The second kappa shape index (κ2) is 5.37. The number of rotatable bonds is 3. The van der Waals surface area contributed by atoms with Gasteiger partial charge in [-0.1, -0.05) is 11.6 Å². The van der Waals surface area contributed by atoms with Crippen LogP contribution in [0.5, 0.6) is 0 Å². The molecule has 0 bridgehead atoms. The molecule has 0 aliphatic carbocycles. The molecular weight excluding hydrogens is 290 g/mol. The molecule has 2 aromatic heterocycles. The number of nitrogens with two attached hydrogens (primary N) is 1. The summed E-state index contributed by atoms with van der Waals surface area (Å²) in [7, 11) is 1.90. The van der Waals surface area contributed by atoms with E-state index < -0.39 is 5.91 Å². The molecule has 0 aromatic carbocycles. The third-order valence-electron chi connectivity index (χ3n) is 3.74. The van der Waals surface area contributed by atoms with Crippen molar-refractivity contribution in [1.29, 1.82) is 0 Å². The first kappa shape index (κ1) is 13.9. The van der Waals surface area contributed by atoms with Crippen LogP contribution < -0.4 is 10.6 Å². The lowest BCUT2D eigenvalue weighted by Crippen LogP contribution is -2.24. The highest BCUT2D eigenvalue weighted by molar-refractivity contribution is 6.33. The highest BCUT2D eigenvalue weighted by Gasteiger charge is 2.29. The quantitative estimate of drug-likeness (QED) is 0.939. The van der Waals surface area contributed by atoms with Crippen LogP contribution in [-0.2, 0) is 7.05 Å². The lowest BCUT2D eigenvalue weighted by atomic mass is 10.1. The molecule has 1 aliphatic heterocycles. The van der Waals surface area contributed by atoms with Gasteiger partial charge in [0.25, 0.3) is 0 Å². The monoisotopic (exact) mass is 305 g/mol. The van der Waals surface area contributed by atoms with Gasteiger partial charge in [-0.3, -0.25) is 9.48 Å². The number of carbonyl (C=O) groups is 1. The Kier molecular flexibility index (Phi) is 3.55. The van der Waals surface area contributed by atoms with E-state index in [9.17, 15) is 4.79 Å². The molecule has 1 saturated heterocycles. The molecule has 3 rings (SSSR count). The molecule has 1 fully saturated rings. The number of aryl methyl sites for hydroxylation is 1. The molecule has 2 N–H and O–H groups in total. The molecule has 2 aromatic rings. The number of primary amides is 1. The zero-order valence-electron chi connectivity index (χ0n) is 11.7. The second-order valence-corrected chi connectivity index (χ2v) is 5.60. The SMILES string of the molecule is Cn1cc(C2CCCN2c2ncc(C(N)=O)cc2Cl)cn1. The minimum atomic E-state index is -0.527. The fraction of sp³-hybridized carbons (Fsp3) is 0.357. The number of amides is 1. The van der Waals surface area contributed by atoms with Crippen LogP contribution in [-0.4, -0.2) is 27.2 Å².